The van der Waals surface area contributed by atoms with Crippen LogP contribution in [-0.4, -0.2) is 31.6 Å². The molecule has 1 heterocycles. The molecular formula is C20H22ClN3O3. The highest BCUT2D eigenvalue weighted by molar-refractivity contribution is 6.30. The van der Waals surface area contributed by atoms with Gasteiger partial charge in [-0.25, -0.2) is 4.79 Å². The molecule has 7 heteroatoms. The fourth-order valence-corrected chi connectivity index (χ4v) is 3.13. The summed E-state index contributed by atoms with van der Waals surface area (Å²) in [7, 11) is 0. The summed E-state index contributed by atoms with van der Waals surface area (Å²) in [5.41, 5.74) is 1.51. The Kier molecular flexibility index (Phi) is 6.19. The van der Waals surface area contributed by atoms with Gasteiger partial charge in [-0.1, -0.05) is 11.6 Å². The lowest BCUT2D eigenvalue weighted by atomic mass is 10.1. The van der Waals surface area contributed by atoms with Crippen molar-refractivity contribution in [1.82, 2.24) is 5.32 Å². The van der Waals surface area contributed by atoms with E-state index in [9.17, 15) is 9.59 Å². The van der Waals surface area contributed by atoms with Crippen LogP contribution in [0.5, 0.6) is 5.75 Å². The smallest absolute Gasteiger partial charge is 0.319 e. The number of ether oxygens (including phenoxy) is 1. The average molecular weight is 388 g/mol. The summed E-state index contributed by atoms with van der Waals surface area (Å²) in [5.74, 6) is 0.880. The van der Waals surface area contributed by atoms with Gasteiger partial charge in [-0.05, 0) is 55.5 Å². The summed E-state index contributed by atoms with van der Waals surface area (Å²) < 4.78 is 5.37. The van der Waals surface area contributed by atoms with Gasteiger partial charge in [0.05, 0.1) is 6.61 Å². The van der Waals surface area contributed by atoms with E-state index in [0.29, 0.717) is 36.8 Å². The van der Waals surface area contributed by atoms with Crippen LogP contribution in [0.15, 0.2) is 48.5 Å². The van der Waals surface area contributed by atoms with E-state index in [2.05, 4.69) is 10.6 Å². The van der Waals surface area contributed by atoms with E-state index in [-0.39, 0.29) is 17.9 Å². The molecule has 2 N–H and O–H groups in total. The largest absolute Gasteiger partial charge is 0.494 e. The van der Waals surface area contributed by atoms with Crippen LogP contribution in [0.2, 0.25) is 5.02 Å². The first kappa shape index (κ1) is 19.0. The van der Waals surface area contributed by atoms with Crippen molar-refractivity contribution in [2.45, 2.75) is 13.3 Å². The fourth-order valence-electron chi connectivity index (χ4n) is 3.00. The first-order valence-electron chi connectivity index (χ1n) is 8.89. The number of amides is 3. The molecule has 1 atom stereocenters. The van der Waals surface area contributed by atoms with Crippen molar-refractivity contribution in [2.75, 3.05) is 29.9 Å². The average Bonchev–Trinajstić information content (AvgIpc) is 3.03. The number of hydrogen-bond donors (Lipinski definition) is 2. The van der Waals surface area contributed by atoms with Crippen LogP contribution in [-0.2, 0) is 4.79 Å². The molecule has 1 aliphatic rings. The zero-order valence-corrected chi connectivity index (χ0v) is 15.8. The van der Waals surface area contributed by atoms with Gasteiger partial charge in [-0.15, -0.1) is 0 Å². The Bertz CT molecular complexity index is 793. The molecule has 0 spiro atoms. The number of anilines is 2. The molecule has 3 amide bonds. The number of carbonyl (C=O) groups excluding carboxylic acids is 2. The maximum absolute atomic E-state index is 12.2. The van der Waals surface area contributed by atoms with Gasteiger partial charge in [0.2, 0.25) is 5.91 Å². The number of carbonyl (C=O) groups is 2. The molecule has 142 valence electrons. The van der Waals surface area contributed by atoms with Gasteiger partial charge in [0.25, 0.3) is 0 Å². The standard InChI is InChI=1S/C20H22ClN3O3/c1-2-27-18-9-5-16(6-10-18)23-20(26)22-12-14-11-19(25)24(13-14)17-7-3-15(21)4-8-17/h3-10,14H,2,11-13H2,1H3,(H2,22,23,26). The molecular weight excluding hydrogens is 366 g/mol. The first-order chi connectivity index (χ1) is 13.0. The lowest BCUT2D eigenvalue weighted by molar-refractivity contribution is -0.117. The van der Waals surface area contributed by atoms with E-state index < -0.39 is 0 Å². The number of halogens is 1. The van der Waals surface area contributed by atoms with E-state index in [0.717, 1.165) is 11.4 Å². The quantitative estimate of drug-likeness (QED) is 0.789. The maximum atomic E-state index is 12.2. The van der Waals surface area contributed by atoms with Crippen molar-refractivity contribution in [3.63, 3.8) is 0 Å². The van der Waals surface area contributed by atoms with E-state index >= 15 is 0 Å². The molecule has 27 heavy (non-hydrogen) atoms. The molecule has 0 saturated carbocycles. The Morgan fingerprint density at radius 2 is 1.89 bits per heavy atom. The molecule has 3 rings (SSSR count). The second-order valence-corrected chi connectivity index (χ2v) is 6.78. The zero-order valence-electron chi connectivity index (χ0n) is 15.1. The van der Waals surface area contributed by atoms with E-state index in [4.69, 9.17) is 16.3 Å². The fraction of sp³-hybridized carbons (Fsp3) is 0.300. The number of hydrogen-bond acceptors (Lipinski definition) is 3. The first-order valence-corrected chi connectivity index (χ1v) is 9.26. The van der Waals surface area contributed by atoms with Crippen LogP contribution < -0.4 is 20.3 Å². The molecule has 0 aromatic heterocycles. The van der Waals surface area contributed by atoms with Gasteiger partial charge < -0.3 is 20.3 Å². The lowest BCUT2D eigenvalue weighted by Crippen LogP contribution is -2.34. The third-order valence-corrected chi connectivity index (χ3v) is 4.57. The van der Waals surface area contributed by atoms with Gasteiger partial charge >= 0.3 is 6.03 Å². The molecule has 0 aliphatic carbocycles. The normalized spacial score (nSPS) is 16.3. The molecule has 1 unspecified atom stereocenters. The second-order valence-electron chi connectivity index (χ2n) is 6.34. The van der Waals surface area contributed by atoms with Crippen LogP contribution in [0.1, 0.15) is 13.3 Å². The molecule has 6 nitrogen and oxygen atoms in total. The van der Waals surface area contributed by atoms with Crippen LogP contribution in [0.3, 0.4) is 0 Å². The third kappa shape index (κ3) is 5.14. The highest BCUT2D eigenvalue weighted by Gasteiger charge is 2.30. The topological polar surface area (TPSA) is 70.7 Å². The minimum absolute atomic E-state index is 0.0519. The van der Waals surface area contributed by atoms with E-state index in [1.807, 2.05) is 19.1 Å². The molecule has 2 aromatic carbocycles. The Morgan fingerprint density at radius 1 is 1.19 bits per heavy atom. The van der Waals surface area contributed by atoms with Crippen molar-refractivity contribution < 1.29 is 14.3 Å². The van der Waals surface area contributed by atoms with Crippen LogP contribution in [0.25, 0.3) is 0 Å². The number of nitrogens with zero attached hydrogens (tertiary/aromatic N) is 1. The molecule has 0 radical (unpaired) electrons. The molecule has 1 aliphatic heterocycles. The Balaban J connectivity index is 1.47. The van der Waals surface area contributed by atoms with Crippen molar-refractivity contribution in [3.05, 3.63) is 53.6 Å². The van der Waals surface area contributed by atoms with Gasteiger partial charge in [0.15, 0.2) is 0 Å². The van der Waals surface area contributed by atoms with Crippen LogP contribution in [0.4, 0.5) is 16.2 Å². The number of benzene rings is 2. The minimum atomic E-state index is -0.295. The van der Waals surface area contributed by atoms with Crippen molar-refractivity contribution in [1.29, 1.82) is 0 Å². The van der Waals surface area contributed by atoms with Gasteiger partial charge in [-0.2, -0.15) is 0 Å². The Labute approximate surface area is 163 Å². The molecule has 1 fully saturated rings. The maximum Gasteiger partial charge on any atom is 0.319 e. The molecule has 0 bridgehead atoms. The number of urea groups is 1. The molecule has 2 aromatic rings. The van der Waals surface area contributed by atoms with Gasteiger partial charge in [-0.3, -0.25) is 4.79 Å². The van der Waals surface area contributed by atoms with Crippen molar-refractivity contribution in [3.8, 4) is 5.75 Å². The summed E-state index contributed by atoms with van der Waals surface area (Å²) >= 11 is 5.89. The van der Waals surface area contributed by atoms with Crippen LogP contribution in [0, 0.1) is 5.92 Å². The third-order valence-electron chi connectivity index (χ3n) is 4.32. The minimum Gasteiger partial charge on any atom is -0.494 e. The summed E-state index contributed by atoms with van der Waals surface area (Å²) in [4.78, 5) is 26.1. The van der Waals surface area contributed by atoms with E-state index in [1.54, 1.807) is 41.3 Å². The van der Waals surface area contributed by atoms with Crippen molar-refractivity contribution >= 4 is 34.9 Å². The van der Waals surface area contributed by atoms with Gasteiger partial charge in [0, 0.05) is 41.8 Å². The van der Waals surface area contributed by atoms with E-state index in [1.165, 1.54) is 0 Å². The Hall–Kier alpha value is -2.73. The summed E-state index contributed by atoms with van der Waals surface area (Å²) in [6, 6.07) is 14.1. The van der Waals surface area contributed by atoms with Gasteiger partial charge in [0.1, 0.15) is 5.75 Å². The predicted octanol–water partition coefficient (Wildman–Crippen LogP) is 3.91. The number of nitrogens with one attached hydrogen (secondary N) is 2. The second kappa shape index (κ2) is 8.77. The molecule has 1 saturated heterocycles. The zero-order chi connectivity index (χ0) is 19.2. The predicted molar refractivity (Wildman–Crippen MR) is 107 cm³/mol. The highest BCUT2D eigenvalue weighted by Crippen LogP contribution is 2.26. The highest BCUT2D eigenvalue weighted by atomic mass is 35.5. The lowest BCUT2D eigenvalue weighted by Gasteiger charge is -2.17. The van der Waals surface area contributed by atoms with Crippen molar-refractivity contribution in [2.24, 2.45) is 5.92 Å². The summed E-state index contributed by atoms with van der Waals surface area (Å²) in [6.07, 6.45) is 0.409. The summed E-state index contributed by atoms with van der Waals surface area (Å²) in [5, 5.41) is 6.24. The number of rotatable bonds is 6. The summed E-state index contributed by atoms with van der Waals surface area (Å²) in [6.45, 7) is 3.52. The monoisotopic (exact) mass is 387 g/mol. The van der Waals surface area contributed by atoms with Crippen LogP contribution >= 0.6 is 11.6 Å². The Morgan fingerprint density at radius 3 is 2.56 bits per heavy atom. The SMILES string of the molecule is CCOc1ccc(NC(=O)NCC2CC(=O)N(c3ccc(Cl)cc3)C2)cc1.